The second-order valence-electron chi connectivity index (χ2n) is 8.69. The highest BCUT2D eigenvalue weighted by Gasteiger charge is 2.53. The van der Waals surface area contributed by atoms with E-state index >= 15 is 0 Å². The first-order chi connectivity index (χ1) is 11.3. The predicted octanol–water partition coefficient (Wildman–Crippen LogP) is 3.91. The molecule has 0 bridgehead atoms. The summed E-state index contributed by atoms with van der Waals surface area (Å²) in [4.78, 5) is 14.5. The molecule has 2 saturated carbocycles. The number of hydrogen-bond acceptors (Lipinski definition) is 2. The first kappa shape index (κ1) is 16.4. The van der Waals surface area contributed by atoms with Gasteiger partial charge in [-0.1, -0.05) is 23.7 Å². The molecule has 4 heteroatoms. The van der Waals surface area contributed by atoms with E-state index in [1.165, 1.54) is 30.4 Å². The molecule has 24 heavy (non-hydrogen) atoms. The van der Waals surface area contributed by atoms with Crippen LogP contribution in [0.1, 0.15) is 56.1 Å². The number of rotatable bonds is 2. The Morgan fingerprint density at radius 3 is 2.67 bits per heavy atom. The minimum absolute atomic E-state index is 0.0460. The lowest BCUT2D eigenvalue weighted by Gasteiger charge is -2.52. The van der Waals surface area contributed by atoms with Gasteiger partial charge >= 0.3 is 0 Å². The van der Waals surface area contributed by atoms with Gasteiger partial charge in [0.15, 0.2) is 0 Å². The standard InChI is InChI=1S/C20H26ClNO2/c1-13-16(4-3-5-17(13)21)14-6-7-20(10-14)11-22(12-20)18(23)15-8-19(2,24)9-15/h3-5,14-15,24H,6-12H2,1-2H3/t14-,15?,19?/m1/s1. The number of aliphatic hydroxyl groups is 1. The third kappa shape index (κ3) is 2.66. The minimum Gasteiger partial charge on any atom is -0.390 e. The van der Waals surface area contributed by atoms with E-state index in [0.717, 1.165) is 18.1 Å². The van der Waals surface area contributed by atoms with Gasteiger partial charge in [-0.2, -0.15) is 0 Å². The van der Waals surface area contributed by atoms with Gasteiger partial charge in [-0.3, -0.25) is 4.79 Å². The van der Waals surface area contributed by atoms with Crippen molar-refractivity contribution in [3.05, 3.63) is 34.3 Å². The van der Waals surface area contributed by atoms with E-state index in [0.29, 0.717) is 24.2 Å². The number of benzene rings is 1. The summed E-state index contributed by atoms with van der Waals surface area (Å²) in [5.41, 5.74) is 2.30. The largest absolute Gasteiger partial charge is 0.390 e. The maximum absolute atomic E-state index is 12.5. The van der Waals surface area contributed by atoms with Gasteiger partial charge in [0, 0.05) is 29.4 Å². The molecule has 0 radical (unpaired) electrons. The predicted molar refractivity (Wildman–Crippen MR) is 95.1 cm³/mol. The number of halogens is 1. The fraction of sp³-hybridized carbons (Fsp3) is 0.650. The fourth-order valence-corrected chi connectivity index (χ4v) is 5.36. The molecular weight excluding hydrogens is 322 g/mol. The van der Waals surface area contributed by atoms with Crippen LogP contribution in [0.15, 0.2) is 18.2 Å². The average molecular weight is 348 g/mol. The van der Waals surface area contributed by atoms with Crippen LogP contribution in [0.2, 0.25) is 5.02 Å². The molecule has 1 spiro atoms. The zero-order chi connectivity index (χ0) is 17.1. The van der Waals surface area contributed by atoms with E-state index in [-0.39, 0.29) is 11.8 Å². The molecule has 1 saturated heterocycles. The molecule has 4 rings (SSSR count). The summed E-state index contributed by atoms with van der Waals surface area (Å²) in [5, 5.41) is 10.7. The van der Waals surface area contributed by atoms with Crippen molar-refractivity contribution in [1.82, 2.24) is 4.90 Å². The molecule has 0 aromatic heterocycles. The van der Waals surface area contributed by atoms with Crippen LogP contribution >= 0.6 is 11.6 Å². The van der Waals surface area contributed by atoms with Crippen LogP contribution in [0.25, 0.3) is 0 Å². The summed E-state index contributed by atoms with van der Waals surface area (Å²) >= 11 is 6.28. The molecule has 1 aromatic rings. The second kappa shape index (κ2) is 5.47. The van der Waals surface area contributed by atoms with Crippen molar-refractivity contribution in [2.75, 3.05) is 13.1 Å². The van der Waals surface area contributed by atoms with Gasteiger partial charge < -0.3 is 10.0 Å². The zero-order valence-corrected chi connectivity index (χ0v) is 15.3. The lowest BCUT2D eigenvalue weighted by molar-refractivity contribution is -0.161. The topological polar surface area (TPSA) is 40.5 Å². The number of amides is 1. The molecule has 1 heterocycles. The first-order valence-corrected chi connectivity index (χ1v) is 9.43. The quantitative estimate of drug-likeness (QED) is 0.881. The van der Waals surface area contributed by atoms with Gasteiger partial charge in [0.25, 0.3) is 0 Å². The Hall–Kier alpha value is -1.06. The molecule has 2 aliphatic carbocycles. The highest BCUT2D eigenvalue weighted by Crippen LogP contribution is 2.53. The Morgan fingerprint density at radius 1 is 1.29 bits per heavy atom. The Balaban J connectivity index is 1.37. The molecule has 3 aliphatic rings. The van der Waals surface area contributed by atoms with E-state index in [4.69, 9.17) is 11.6 Å². The van der Waals surface area contributed by atoms with Crippen molar-refractivity contribution < 1.29 is 9.90 Å². The van der Waals surface area contributed by atoms with Crippen molar-refractivity contribution in [2.24, 2.45) is 11.3 Å². The minimum atomic E-state index is -0.620. The maximum Gasteiger partial charge on any atom is 0.225 e. The molecule has 1 aromatic carbocycles. The number of carbonyl (C=O) groups excluding carboxylic acids is 1. The third-order valence-electron chi connectivity index (χ3n) is 6.54. The summed E-state index contributed by atoms with van der Waals surface area (Å²) < 4.78 is 0. The van der Waals surface area contributed by atoms with Crippen LogP contribution in [0.4, 0.5) is 0 Å². The Kier molecular flexibility index (Phi) is 3.74. The van der Waals surface area contributed by atoms with Crippen molar-refractivity contribution in [2.45, 2.75) is 57.5 Å². The van der Waals surface area contributed by atoms with Gasteiger partial charge in [-0.25, -0.2) is 0 Å². The molecule has 0 unspecified atom stereocenters. The van der Waals surface area contributed by atoms with Gasteiger partial charge in [-0.15, -0.1) is 0 Å². The molecule has 3 nitrogen and oxygen atoms in total. The average Bonchev–Trinajstić information content (AvgIpc) is 2.90. The van der Waals surface area contributed by atoms with Gasteiger partial charge in [-0.05, 0) is 69.1 Å². The number of carbonyl (C=O) groups is 1. The Labute approximate surface area is 149 Å². The summed E-state index contributed by atoms with van der Waals surface area (Å²) in [7, 11) is 0. The lowest BCUT2D eigenvalue weighted by Crippen LogP contribution is -2.61. The zero-order valence-electron chi connectivity index (χ0n) is 14.5. The van der Waals surface area contributed by atoms with E-state index in [1.807, 2.05) is 17.9 Å². The summed E-state index contributed by atoms with van der Waals surface area (Å²) in [6, 6.07) is 6.22. The van der Waals surface area contributed by atoms with E-state index in [9.17, 15) is 9.90 Å². The van der Waals surface area contributed by atoms with Gasteiger partial charge in [0.2, 0.25) is 5.91 Å². The van der Waals surface area contributed by atoms with Crippen molar-refractivity contribution in [1.29, 1.82) is 0 Å². The van der Waals surface area contributed by atoms with Crippen LogP contribution in [0.3, 0.4) is 0 Å². The van der Waals surface area contributed by atoms with Gasteiger partial charge in [0.05, 0.1) is 5.60 Å². The summed E-state index contributed by atoms with van der Waals surface area (Å²) in [6.07, 6.45) is 4.82. The molecule has 1 amide bonds. The monoisotopic (exact) mass is 347 g/mol. The fourth-order valence-electron chi connectivity index (χ4n) is 5.18. The highest BCUT2D eigenvalue weighted by atomic mass is 35.5. The number of likely N-dealkylation sites (tertiary alicyclic amines) is 1. The summed E-state index contributed by atoms with van der Waals surface area (Å²) in [6.45, 7) is 5.74. The van der Waals surface area contributed by atoms with Crippen LogP contribution in [0, 0.1) is 18.3 Å². The Morgan fingerprint density at radius 2 is 2.00 bits per heavy atom. The maximum atomic E-state index is 12.5. The van der Waals surface area contributed by atoms with E-state index in [1.54, 1.807) is 0 Å². The van der Waals surface area contributed by atoms with Crippen LogP contribution in [0.5, 0.6) is 0 Å². The smallest absolute Gasteiger partial charge is 0.225 e. The number of hydrogen-bond donors (Lipinski definition) is 1. The third-order valence-corrected chi connectivity index (χ3v) is 6.95. The molecule has 1 N–H and O–H groups in total. The molecule has 1 atom stereocenters. The summed E-state index contributed by atoms with van der Waals surface area (Å²) in [5.74, 6) is 0.879. The molecule has 1 aliphatic heterocycles. The van der Waals surface area contributed by atoms with Crippen LogP contribution < -0.4 is 0 Å². The van der Waals surface area contributed by atoms with Crippen molar-refractivity contribution in [3.8, 4) is 0 Å². The molecule has 3 fully saturated rings. The van der Waals surface area contributed by atoms with Crippen molar-refractivity contribution >= 4 is 17.5 Å². The first-order valence-electron chi connectivity index (χ1n) is 9.05. The van der Waals surface area contributed by atoms with Gasteiger partial charge in [0.1, 0.15) is 0 Å². The van der Waals surface area contributed by atoms with Crippen LogP contribution in [-0.4, -0.2) is 34.6 Å². The second-order valence-corrected chi connectivity index (χ2v) is 9.10. The molecular formula is C20H26ClNO2. The van der Waals surface area contributed by atoms with Crippen LogP contribution in [-0.2, 0) is 4.79 Å². The lowest BCUT2D eigenvalue weighted by atomic mass is 9.69. The van der Waals surface area contributed by atoms with E-state index in [2.05, 4.69) is 19.1 Å². The SMILES string of the molecule is Cc1c(Cl)cccc1[C@@H]1CCC2(C1)CN(C(=O)C1CC(C)(O)C1)C2. The molecule has 130 valence electrons. The normalized spacial score (nSPS) is 34.1. The van der Waals surface area contributed by atoms with E-state index < -0.39 is 5.60 Å². The number of nitrogens with zero attached hydrogens (tertiary/aromatic N) is 1. The van der Waals surface area contributed by atoms with Crippen molar-refractivity contribution in [3.63, 3.8) is 0 Å². The Bertz CT molecular complexity index is 670. The highest BCUT2D eigenvalue weighted by molar-refractivity contribution is 6.31.